The van der Waals surface area contributed by atoms with Crippen LogP contribution in [0.3, 0.4) is 0 Å². The van der Waals surface area contributed by atoms with Gasteiger partial charge in [0, 0.05) is 12.7 Å². The van der Waals surface area contributed by atoms with Crippen molar-refractivity contribution in [3.05, 3.63) is 35.0 Å². The first-order valence-electron chi connectivity index (χ1n) is 4.21. The molecule has 0 bridgehead atoms. The maximum Gasteiger partial charge on any atom is 0.140 e. The Morgan fingerprint density at radius 1 is 1.69 bits per heavy atom. The summed E-state index contributed by atoms with van der Waals surface area (Å²) >= 11 is 3.48. The monoisotopic (exact) mass is 240 g/mol. The molecule has 1 aromatic rings. The quantitative estimate of drug-likeness (QED) is 0.647. The maximum absolute atomic E-state index is 4.22. The van der Waals surface area contributed by atoms with Crippen LogP contribution < -0.4 is 5.32 Å². The molecule has 0 fully saturated rings. The van der Waals surface area contributed by atoms with Crippen LogP contribution in [0, 0.1) is 6.92 Å². The predicted molar refractivity (Wildman–Crippen MR) is 60.0 cm³/mol. The van der Waals surface area contributed by atoms with Gasteiger partial charge in [-0.25, -0.2) is 4.98 Å². The third-order valence-corrected chi connectivity index (χ3v) is 2.72. The summed E-state index contributed by atoms with van der Waals surface area (Å²) in [4.78, 5) is 4.22. The number of aromatic nitrogens is 1. The highest BCUT2D eigenvalue weighted by Crippen LogP contribution is 2.22. The van der Waals surface area contributed by atoms with E-state index in [0.717, 1.165) is 23.3 Å². The molecule has 1 N–H and O–H groups in total. The van der Waals surface area contributed by atoms with E-state index in [2.05, 4.69) is 32.8 Å². The predicted octanol–water partition coefficient (Wildman–Crippen LogP) is 3.14. The molecule has 0 amide bonds. The molecular formula is C10H13BrN2. The fraction of sp³-hybridized carbons (Fsp3) is 0.300. The number of rotatable bonds is 4. The van der Waals surface area contributed by atoms with Crippen molar-refractivity contribution in [1.82, 2.24) is 4.98 Å². The Balaban J connectivity index is 2.65. The zero-order chi connectivity index (χ0) is 9.68. The lowest BCUT2D eigenvalue weighted by molar-refractivity contribution is 1.04. The lowest BCUT2D eigenvalue weighted by Gasteiger charge is -2.07. The summed E-state index contributed by atoms with van der Waals surface area (Å²) in [7, 11) is 0. The van der Waals surface area contributed by atoms with Gasteiger partial charge in [0.25, 0.3) is 0 Å². The highest BCUT2D eigenvalue weighted by Gasteiger charge is 2.01. The number of aryl methyl sites for hydroxylation is 1. The zero-order valence-corrected chi connectivity index (χ0v) is 9.26. The Bertz CT molecular complexity index is 297. The zero-order valence-electron chi connectivity index (χ0n) is 7.68. The Morgan fingerprint density at radius 3 is 3.15 bits per heavy atom. The number of halogens is 1. The van der Waals surface area contributed by atoms with E-state index in [1.807, 2.05) is 19.1 Å². The number of pyridine rings is 1. The normalized spacial score (nSPS) is 9.69. The molecule has 13 heavy (non-hydrogen) atoms. The third kappa shape index (κ3) is 2.84. The number of hydrogen-bond donors (Lipinski definition) is 1. The molecule has 0 aliphatic rings. The van der Waals surface area contributed by atoms with Crippen LogP contribution in [0.25, 0.3) is 0 Å². The van der Waals surface area contributed by atoms with E-state index in [-0.39, 0.29) is 0 Å². The number of nitrogens with one attached hydrogen (secondary N) is 1. The third-order valence-electron chi connectivity index (χ3n) is 1.72. The first-order chi connectivity index (χ1) is 6.25. The molecule has 1 aromatic heterocycles. The number of nitrogens with zero attached hydrogens (tertiary/aromatic N) is 1. The van der Waals surface area contributed by atoms with Gasteiger partial charge in [-0.15, -0.1) is 6.58 Å². The lowest BCUT2D eigenvalue weighted by Crippen LogP contribution is -2.03. The van der Waals surface area contributed by atoms with Crippen LogP contribution in [-0.4, -0.2) is 11.5 Å². The summed E-state index contributed by atoms with van der Waals surface area (Å²) in [6.45, 7) is 6.58. The molecule has 0 aromatic carbocycles. The fourth-order valence-corrected chi connectivity index (χ4v) is 1.33. The SMILES string of the molecule is C=CCCNc1nccc(C)c1Br. The van der Waals surface area contributed by atoms with E-state index in [9.17, 15) is 0 Å². The van der Waals surface area contributed by atoms with E-state index in [0.29, 0.717) is 0 Å². The fourth-order valence-electron chi connectivity index (χ4n) is 0.956. The van der Waals surface area contributed by atoms with Gasteiger partial charge < -0.3 is 5.32 Å². The number of hydrogen-bond acceptors (Lipinski definition) is 2. The minimum atomic E-state index is 0.874. The first-order valence-corrected chi connectivity index (χ1v) is 5.01. The van der Waals surface area contributed by atoms with Crippen molar-refractivity contribution in [3.63, 3.8) is 0 Å². The molecule has 0 saturated heterocycles. The molecule has 0 aliphatic carbocycles. The van der Waals surface area contributed by atoms with Gasteiger partial charge in [0.2, 0.25) is 0 Å². The van der Waals surface area contributed by atoms with Gasteiger partial charge in [0.1, 0.15) is 5.82 Å². The van der Waals surface area contributed by atoms with Gasteiger partial charge in [0.15, 0.2) is 0 Å². The van der Waals surface area contributed by atoms with Crippen LogP contribution in [-0.2, 0) is 0 Å². The molecule has 70 valence electrons. The van der Waals surface area contributed by atoms with Gasteiger partial charge in [-0.1, -0.05) is 6.08 Å². The Kier molecular flexibility index (Phi) is 3.96. The van der Waals surface area contributed by atoms with E-state index in [4.69, 9.17) is 0 Å². The average molecular weight is 241 g/mol. The maximum atomic E-state index is 4.22. The number of anilines is 1. The van der Waals surface area contributed by atoms with Crippen LogP contribution in [0.2, 0.25) is 0 Å². The van der Waals surface area contributed by atoms with Crippen LogP contribution in [0.15, 0.2) is 29.4 Å². The Hall–Kier alpha value is -0.830. The van der Waals surface area contributed by atoms with Crippen molar-refractivity contribution >= 4 is 21.7 Å². The lowest BCUT2D eigenvalue weighted by atomic mass is 10.3. The van der Waals surface area contributed by atoms with Crippen LogP contribution >= 0.6 is 15.9 Å². The van der Waals surface area contributed by atoms with Crippen molar-refractivity contribution in [2.75, 3.05) is 11.9 Å². The second kappa shape index (κ2) is 5.02. The van der Waals surface area contributed by atoms with E-state index in [1.165, 1.54) is 5.56 Å². The highest BCUT2D eigenvalue weighted by atomic mass is 79.9. The summed E-state index contributed by atoms with van der Waals surface area (Å²) in [5.74, 6) is 0.904. The average Bonchev–Trinajstić information content (AvgIpc) is 2.13. The summed E-state index contributed by atoms with van der Waals surface area (Å²) < 4.78 is 1.04. The van der Waals surface area contributed by atoms with Crippen LogP contribution in [0.4, 0.5) is 5.82 Å². The van der Waals surface area contributed by atoms with Gasteiger partial charge in [-0.2, -0.15) is 0 Å². The molecule has 0 unspecified atom stereocenters. The molecule has 0 spiro atoms. The smallest absolute Gasteiger partial charge is 0.140 e. The molecule has 0 radical (unpaired) electrons. The summed E-state index contributed by atoms with van der Waals surface area (Å²) in [5.41, 5.74) is 1.19. The summed E-state index contributed by atoms with van der Waals surface area (Å²) in [5, 5.41) is 3.23. The molecule has 0 atom stereocenters. The Labute approximate surface area is 87.2 Å². The second-order valence-electron chi connectivity index (χ2n) is 2.79. The van der Waals surface area contributed by atoms with Gasteiger partial charge in [-0.05, 0) is 40.9 Å². The van der Waals surface area contributed by atoms with E-state index < -0.39 is 0 Å². The summed E-state index contributed by atoms with van der Waals surface area (Å²) in [6, 6.07) is 1.97. The molecular weight excluding hydrogens is 228 g/mol. The van der Waals surface area contributed by atoms with E-state index in [1.54, 1.807) is 6.20 Å². The molecule has 0 saturated carbocycles. The standard InChI is InChI=1S/C10H13BrN2/c1-3-4-6-12-10-9(11)8(2)5-7-13-10/h3,5,7H,1,4,6H2,2H3,(H,12,13). The van der Waals surface area contributed by atoms with Crippen molar-refractivity contribution < 1.29 is 0 Å². The van der Waals surface area contributed by atoms with E-state index >= 15 is 0 Å². The largest absolute Gasteiger partial charge is 0.369 e. The van der Waals surface area contributed by atoms with Crippen LogP contribution in [0.1, 0.15) is 12.0 Å². The molecule has 2 nitrogen and oxygen atoms in total. The summed E-state index contributed by atoms with van der Waals surface area (Å²) in [6.07, 6.45) is 4.63. The molecule has 1 rings (SSSR count). The van der Waals surface area contributed by atoms with Crippen molar-refractivity contribution in [2.45, 2.75) is 13.3 Å². The molecule has 0 aliphatic heterocycles. The molecule has 1 heterocycles. The van der Waals surface area contributed by atoms with Crippen LogP contribution in [0.5, 0.6) is 0 Å². The van der Waals surface area contributed by atoms with Gasteiger partial charge in [-0.3, -0.25) is 0 Å². The first kappa shape index (κ1) is 10.3. The highest BCUT2D eigenvalue weighted by molar-refractivity contribution is 9.10. The molecule has 3 heteroatoms. The minimum absolute atomic E-state index is 0.874. The van der Waals surface area contributed by atoms with Crippen molar-refractivity contribution in [1.29, 1.82) is 0 Å². The van der Waals surface area contributed by atoms with Gasteiger partial charge in [0.05, 0.1) is 4.47 Å². The Morgan fingerprint density at radius 2 is 2.46 bits per heavy atom. The second-order valence-corrected chi connectivity index (χ2v) is 3.59. The van der Waals surface area contributed by atoms with Gasteiger partial charge >= 0.3 is 0 Å². The topological polar surface area (TPSA) is 24.9 Å². The van der Waals surface area contributed by atoms with Crippen molar-refractivity contribution in [2.24, 2.45) is 0 Å². The van der Waals surface area contributed by atoms with Crippen molar-refractivity contribution in [3.8, 4) is 0 Å². The minimum Gasteiger partial charge on any atom is -0.369 e.